The highest BCUT2D eigenvalue weighted by Crippen LogP contribution is 2.30. The number of halogens is 2. The second-order valence-electron chi connectivity index (χ2n) is 4.68. The smallest absolute Gasteiger partial charge is 0.312 e. The molecule has 0 atom stereocenters. The predicted octanol–water partition coefficient (Wildman–Crippen LogP) is 4.53. The van der Waals surface area contributed by atoms with E-state index in [2.05, 4.69) is 10.1 Å². The number of rotatable bonds is 5. The molecule has 0 saturated carbocycles. The van der Waals surface area contributed by atoms with Crippen molar-refractivity contribution in [1.29, 1.82) is 0 Å². The zero-order chi connectivity index (χ0) is 17.1. The summed E-state index contributed by atoms with van der Waals surface area (Å²) in [5.41, 5.74) is 0.472. The first-order valence-electron chi connectivity index (χ1n) is 6.68. The minimum atomic E-state index is -0.573. The van der Waals surface area contributed by atoms with Gasteiger partial charge in [-0.3, -0.25) is 10.1 Å². The van der Waals surface area contributed by atoms with Crippen LogP contribution in [-0.2, 0) is 6.61 Å². The van der Waals surface area contributed by atoms with Crippen molar-refractivity contribution in [3.8, 4) is 17.2 Å². The lowest BCUT2D eigenvalue weighted by Gasteiger charge is -2.04. The summed E-state index contributed by atoms with van der Waals surface area (Å²) in [6.07, 6.45) is 0. The maximum atomic E-state index is 11.0. The minimum absolute atomic E-state index is 0.0715. The van der Waals surface area contributed by atoms with Gasteiger partial charge in [-0.1, -0.05) is 28.4 Å². The Morgan fingerprint density at radius 1 is 1.12 bits per heavy atom. The molecule has 1 heterocycles. The van der Waals surface area contributed by atoms with Gasteiger partial charge in [0.05, 0.1) is 4.92 Å². The van der Waals surface area contributed by atoms with Crippen LogP contribution in [0, 0.1) is 10.1 Å². The summed E-state index contributed by atoms with van der Waals surface area (Å²) in [7, 11) is 0. The van der Waals surface area contributed by atoms with Crippen molar-refractivity contribution in [2.45, 2.75) is 6.61 Å². The average molecular weight is 366 g/mol. The van der Waals surface area contributed by atoms with E-state index in [9.17, 15) is 10.1 Å². The Morgan fingerprint density at radius 2 is 1.83 bits per heavy atom. The van der Waals surface area contributed by atoms with Gasteiger partial charge in [0.15, 0.2) is 12.4 Å². The fourth-order valence-electron chi connectivity index (χ4n) is 1.92. The standard InChI is InChI=1S/C15H9Cl2N3O4/c16-10-3-1-9(2-4-10)15-18-14(19-24-15)8-23-13-6-5-11(17)7-12(13)20(21)22/h1-7H,8H2. The van der Waals surface area contributed by atoms with Crippen LogP contribution in [0.1, 0.15) is 5.82 Å². The van der Waals surface area contributed by atoms with Gasteiger partial charge in [-0.05, 0) is 36.4 Å². The van der Waals surface area contributed by atoms with E-state index in [1.807, 2.05) is 0 Å². The van der Waals surface area contributed by atoms with E-state index in [0.29, 0.717) is 16.5 Å². The van der Waals surface area contributed by atoms with Crippen LogP contribution < -0.4 is 4.74 Å². The van der Waals surface area contributed by atoms with Crippen LogP contribution in [-0.4, -0.2) is 15.1 Å². The summed E-state index contributed by atoms with van der Waals surface area (Å²) >= 11 is 11.6. The lowest BCUT2D eigenvalue weighted by Crippen LogP contribution is -2.00. The van der Waals surface area contributed by atoms with E-state index in [-0.39, 0.29) is 28.9 Å². The summed E-state index contributed by atoms with van der Waals surface area (Å²) in [6, 6.07) is 11.0. The van der Waals surface area contributed by atoms with Gasteiger partial charge in [-0.2, -0.15) is 4.98 Å². The van der Waals surface area contributed by atoms with Crippen LogP contribution in [0.25, 0.3) is 11.5 Å². The Kier molecular flexibility index (Phi) is 4.64. The van der Waals surface area contributed by atoms with E-state index in [1.165, 1.54) is 18.2 Å². The van der Waals surface area contributed by atoms with Crippen LogP contribution in [0.5, 0.6) is 5.75 Å². The molecular weight excluding hydrogens is 357 g/mol. The van der Waals surface area contributed by atoms with Gasteiger partial charge in [0, 0.05) is 21.7 Å². The first-order valence-corrected chi connectivity index (χ1v) is 7.44. The van der Waals surface area contributed by atoms with Crippen molar-refractivity contribution < 1.29 is 14.2 Å². The highest BCUT2D eigenvalue weighted by Gasteiger charge is 2.17. The summed E-state index contributed by atoms with van der Waals surface area (Å²) < 4.78 is 10.5. The molecule has 0 fully saturated rings. The molecule has 0 N–H and O–H groups in total. The van der Waals surface area contributed by atoms with Gasteiger partial charge in [0.1, 0.15) is 0 Å². The SMILES string of the molecule is O=[N+]([O-])c1cc(Cl)ccc1OCc1noc(-c2ccc(Cl)cc2)n1. The highest BCUT2D eigenvalue weighted by atomic mass is 35.5. The van der Waals surface area contributed by atoms with Crippen molar-refractivity contribution in [3.05, 3.63) is 68.4 Å². The fraction of sp³-hybridized carbons (Fsp3) is 0.0667. The summed E-state index contributed by atoms with van der Waals surface area (Å²) in [6.45, 7) is -0.0838. The largest absolute Gasteiger partial charge is 0.478 e. The number of benzene rings is 2. The highest BCUT2D eigenvalue weighted by molar-refractivity contribution is 6.31. The minimum Gasteiger partial charge on any atom is -0.478 e. The quantitative estimate of drug-likeness (QED) is 0.487. The molecule has 0 aliphatic heterocycles. The molecule has 0 aliphatic rings. The van der Waals surface area contributed by atoms with Gasteiger partial charge in [-0.15, -0.1) is 0 Å². The third-order valence-corrected chi connectivity index (χ3v) is 3.52. The van der Waals surface area contributed by atoms with E-state index >= 15 is 0 Å². The van der Waals surface area contributed by atoms with E-state index < -0.39 is 4.92 Å². The molecule has 24 heavy (non-hydrogen) atoms. The van der Waals surface area contributed by atoms with E-state index in [1.54, 1.807) is 24.3 Å². The van der Waals surface area contributed by atoms with Crippen molar-refractivity contribution in [2.75, 3.05) is 0 Å². The molecule has 0 unspecified atom stereocenters. The number of nitrogens with zero attached hydrogens (tertiary/aromatic N) is 3. The second kappa shape index (κ2) is 6.86. The lowest BCUT2D eigenvalue weighted by atomic mass is 10.2. The van der Waals surface area contributed by atoms with E-state index in [4.69, 9.17) is 32.5 Å². The molecular formula is C15H9Cl2N3O4. The summed E-state index contributed by atoms with van der Waals surface area (Å²) in [5, 5.41) is 15.6. The maximum absolute atomic E-state index is 11.0. The Balaban J connectivity index is 1.74. The molecule has 2 aromatic carbocycles. The first-order chi connectivity index (χ1) is 11.5. The molecule has 3 aromatic rings. The molecule has 0 saturated heterocycles. The number of nitro groups is 1. The maximum Gasteiger partial charge on any atom is 0.312 e. The number of nitro benzene ring substituents is 1. The monoisotopic (exact) mass is 365 g/mol. The summed E-state index contributed by atoms with van der Waals surface area (Å²) in [5.74, 6) is 0.627. The van der Waals surface area contributed by atoms with Gasteiger partial charge in [0.2, 0.25) is 5.82 Å². The Hall–Kier alpha value is -2.64. The molecule has 0 bridgehead atoms. The van der Waals surface area contributed by atoms with Crippen molar-refractivity contribution in [2.24, 2.45) is 0 Å². The zero-order valence-electron chi connectivity index (χ0n) is 12.0. The molecule has 0 radical (unpaired) electrons. The predicted molar refractivity (Wildman–Crippen MR) is 87.2 cm³/mol. The van der Waals surface area contributed by atoms with Crippen LogP contribution in [0.15, 0.2) is 47.0 Å². The van der Waals surface area contributed by atoms with Crippen LogP contribution in [0.4, 0.5) is 5.69 Å². The van der Waals surface area contributed by atoms with Gasteiger partial charge in [-0.25, -0.2) is 0 Å². The molecule has 9 heteroatoms. The van der Waals surface area contributed by atoms with Crippen LogP contribution >= 0.6 is 23.2 Å². The molecule has 7 nitrogen and oxygen atoms in total. The third kappa shape index (κ3) is 3.64. The third-order valence-electron chi connectivity index (χ3n) is 3.03. The van der Waals surface area contributed by atoms with Gasteiger partial charge in [0.25, 0.3) is 5.89 Å². The van der Waals surface area contributed by atoms with Gasteiger partial charge < -0.3 is 9.26 Å². The molecule has 0 aliphatic carbocycles. The van der Waals surface area contributed by atoms with Crippen molar-refractivity contribution >= 4 is 28.9 Å². The first kappa shape index (κ1) is 16.2. The van der Waals surface area contributed by atoms with Crippen LogP contribution in [0.3, 0.4) is 0 Å². The van der Waals surface area contributed by atoms with E-state index in [0.717, 1.165) is 0 Å². The van der Waals surface area contributed by atoms with Crippen molar-refractivity contribution in [1.82, 2.24) is 10.1 Å². The molecule has 0 amide bonds. The summed E-state index contributed by atoms with van der Waals surface area (Å²) in [4.78, 5) is 14.6. The fourth-order valence-corrected chi connectivity index (χ4v) is 2.21. The Labute approximate surface area is 145 Å². The van der Waals surface area contributed by atoms with Crippen LogP contribution in [0.2, 0.25) is 10.0 Å². The molecule has 0 spiro atoms. The lowest BCUT2D eigenvalue weighted by molar-refractivity contribution is -0.385. The van der Waals surface area contributed by atoms with Crippen molar-refractivity contribution in [3.63, 3.8) is 0 Å². The van der Waals surface area contributed by atoms with Gasteiger partial charge >= 0.3 is 5.69 Å². The normalized spacial score (nSPS) is 10.6. The number of hydrogen-bond donors (Lipinski definition) is 0. The topological polar surface area (TPSA) is 91.3 Å². The number of hydrogen-bond acceptors (Lipinski definition) is 6. The molecule has 3 rings (SSSR count). The molecule has 122 valence electrons. The molecule has 1 aromatic heterocycles. The number of aromatic nitrogens is 2. The zero-order valence-corrected chi connectivity index (χ0v) is 13.5. The second-order valence-corrected chi connectivity index (χ2v) is 5.55. The average Bonchev–Trinajstić information content (AvgIpc) is 3.03. The number of ether oxygens (including phenoxy) is 1. The Bertz CT molecular complexity index is 881. The Morgan fingerprint density at radius 3 is 2.54 bits per heavy atom.